The van der Waals surface area contributed by atoms with Gasteiger partial charge in [0, 0.05) is 50.3 Å². The van der Waals surface area contributed by atoms with Gasteiger partial charge in [-0.3, -0.25) is 0 Å². The van der Waals surface area contributed by atoms with Crippen LogP contribution in [-0.2, 0) is 0 Å². The first kappa shape index (κ1) is 6.22. The first-order valence-corrected chi connectivity index (χ1v) is 1.63. The molecule has 0 aliphatic carbocycles. The maximum Gasteiger partial charge on any atom is 0.0164 e. The van der Waals surface area contributed by atoms with E-state index in [1.807, 2.05) is 0 Å². The van der Waals surface area contributed by atoms with Gasteiger partial charge in [0.2, 0.25) is 0 Å². The van der Waals surface area contributed by atoms with Crippen LogP contribution in [0, 0.1) is 37.7 Å². The fourth-order valence-electron chi connectivity index (χ4n) is 0.118. The van der Waals surface area contributed by atoms with Crippen LogP contribution in [0.15, 0.2) is 0 Å². The van der Waals surface area contributed by atoms with Gasteiger partial charge in [-0.1, -0.05) is 0 Å². The van der Waals surface area contributed by atoms with Crippen molar-refractivity contribution in [2.45, 2.75) is 13.0 Å². The van der Waals surface area contributed by atoms with Crippen LogP contribution in [0.4, 0.5) is 0 Å². The Hall–Kier alpha value is 1.22. The Morgan fingerprint density at radius 2 is 2.00 bits per heavy atom. The second kappa shape index (κ2) is 2.40. The van der Waals surface area contributed by atoms with Crippen LogP contribution in [-0.4, -0.2) is 12.6 Å². The van der Waals surface area contributed by atoms with Crippen LogP contribution >= 0.6 is 0 Å². The third-order valence-corrected chi connectivity index (χ3v) is 0.612. The van der Waals surface area contributed by atoms with Gasteiger partial charge in [-0.25, -0.2) is 0 Å². The molecule has 1 N–H and O–H groups in total. The molecule has 1 nitrogen and oxygen atoms in total. The molecule has 1 unspecified atom stereocenters. The molecule has 32 valence electrons. The summed E-state index contributed by atoms with van der Waals surface area (Å²) in [7, 11) is 0. The summed E-state index contributed by atoms with van der Waals surface area (Å²) in [5.41, 5.74) is 0. The predicted octanol–water partition coefficient (Wildman–Crippen LogP) is -0.0219. The van der Waals surface area contributed by atoms with Crippen molar-refractivity contribution < 1.29 is 37.7 Å². The Bertz CT molecular complexity index is 26.1. The molecule has 0 aromatic heterocycles. The Morgan fingerprint density at radius 1 is 1.80 bits per heavy atom. The average Bonchev–Trinajstić information content (AvgIpc) is 1.75. The molecule has 1 atom stereocenters. The third-order valence-electron chi connectivity index (χ3n) is 0.612. The zero-order valence-corrected chi connectivity index (χ0v) is 3.85. The van der Waals surface area contributed by atoms with Gasteiger partial charge in [0.25, 0.3) is 0 Å². The number of hydrogen-bond acceptors (Lipinski definition) is 1. The summed E-state index contributed by atoms with van der Waals surface area (Å²) in [5, 5.41) is 3.10. The van der Waals surface area contributed by atoms with Crippen molar-refractivity contribution in [2.75, 3.05) is 6.54 Å². The van der Waals surface area contributed by atoms with Gasteiger partial charge >= 0.3 is 0 Å². The predicted molar refractivity (Wildman–Crippen MR) is 17.5 cm³/mol. The molecule has 1 rings (SSSR count). The summed E-state index contributed by atoms with van der Waals surface area (Å²) in [6.45, 7) is 3.40. The van der Waals surface area contributed by atoms with Gasteiger partial charge in [0.15, 0.2) is 0 Å². The molecular weight excluding hydrogens is 90.0 g/mol. The average molecular weight is 97.0 g/mol. The van der Waals surface area contributed by atoms with E-state index in [0.29, 0.717) is 0 Å². The van der Waals surface area contributed by atoms with Crippen LogP contribution in [0.1, 0.15) is 6.92 Å². The molecule has 1 heterocycles. The largest absolute Gasteiger partial charge is 0.311 e. The second-order valence-electron chi connectivity index (χ2n) is 1.31. The zero-order valence-electron chi connectivity index (χ0n) is 3.14. The maximum absolute atomic E-state index is 3.10. The van der Waals surface area contributed by atoms with Crippen molar-refractivity contribution in [1.29, 1.82) is 0 Å². The number of rotatable bonds is 0. The number of nitrogens with one attached hydrogen (secondary N) is 1. The minimum atomic E-state index is 0. The summed E-state index contributed by atoms with van der Waals surface area (Å²) in [6.07, 6.45) is 0. The van der Waals surface area contributed by atoms with E-state index in [9.17, 15) is 0 Å². The van der Waals surface area contributed by atoms with E-state index in [1.165, 1.54) is 6.54 Å². The Morgan fingerprint density at radius 3 is 2.00 bits per heavy atom. The van der Waals surface area contributed by atoms with Gasteiger partial charge < -0.3 is 5.32 Å². The fraction of sp³-hybridized carbons (Fsp3) is 1.00. The van der Waals surface area contributed by atoms with Gasteiger partial charge in [0.05, 0.1) is 0 Å². The van der Waals surface area contributed by atoms with Crippen molar-refractivity contribution in [1.82, 2.24) is 5.32 Å². The van der Waals surface area contributed by atoms with Gasteiger partial charge in [-0.05, 0) is 6.92 Å². The summed E-state index contributed by atoms with van der Waals surface area (Å²) in [4.78, 5) is 0. The molecule has 0 radical (unpaired) electrons. The second-order valence-corrected chi connectivity index (χ2v) is 1.31. The van der Waals surface area contributed by atoms with E-state index in [1.54, 1.807) is 0 Å². The minimum Gasteiger partial charge on any atom is -0.311 e. The minimum absolute atomic E-state index is 0. The molecule has 0 saturated carbocycles. The molecular formula is C3H7ArN. The Balaban J connectivity index is 0.000000160. The molecule has 1 aliphatic heterocycles. The SMILES string of the molecule is CC1CN1.[Ar]. The smallest absolute Gasteiger partial charge is 0.0164 e. The Labute approximate surface area is 62.1 Å². The van der Waals surface area contributed by atoms with E-state index >= 15 is 0 Å². The quantitative estimate of drug-likeness (QED) is 0.421. The molecule has 1 aliphatic rings. The van der Waals surface area contributed by atoms with Crippen LogP contribution in [0.2, 0.25) is 0 Å². The summed E-state index contributed by atoms with van der Waals surface area (Å²) >= 11 is 0. The van der Waals surface area contributed by atoms with E-state index in [2.05, 4.69) is 12.2 Å². The normalized spacial score (nSPS) is 31.8. The van der Waals surface area contributed by atoms with Gasteiger partial charge in [-0.15, -0.1) is 0 Å². The first-order chi connectivity index (χ1) is 1.89. The van der Waals surface area contributed by atoms with Crippen LogP contribution < -0.4 is 5.32 Å². The van der Waals surface area contributed by atoms with Crippen LogP contribution in [0.3, 0.4) is 0 Å². The molecule has 5 heavy (non-hydrogen) atoms. The van der Waals surface area contributed by atoms with E-state index in [-0.39, 0.29) is 37.7 Å². The number of hydrogen-bond donors (Lipinski definition) is 1. The van der Waals surface area contributed by atoms with Crippen molar-refractivity contribution >= 4 is 0 Å². The summed E-state index contributed by atoms with van der Waals surface area (Å²) in [5.74, 6) is 0. The zero-order chi connectivity index (χ0) is 2.99. The van der Waals surface area contributed by atoms with Gasteiger partial charge in [0.1, 0.15) is 0 Å². The van der Waals surface area contributed by atoms with Crippen LogP contribution in [0.5, 0.6) is 0 Å². The van der Waals surface area contributed by atoms with E-state index in [4.69, 9.17) is 0 Å². The maximum atomic E-state index is 3.10. The molecule has 0 amide bonds. The monoisotopic (exact) mass is 97.0 g/mol. The molecule has 0 bridgehead atoms. The van der Waals surface area contributed by atoms with Crippen molar-refractivity contribution in [3.8, 4) is 0 Å². The molecule has 0 aromatic rings. The molecule has 1 fully saturated rings. The third kappa shape index (κ3) is 3.04. The van der Waals surface area contributed by atoms with Gasteiger partial charge in [-0.2, -0.15) is 0 Å². The fourth-order valence-corrected chi connectivity index (χ4v) is 0.118. The Kier molecular flexibility index (Phi) is 2.99. The van der Waals surface area contributed by atoms with E-state index in [0.717, 1.165) is 6.04 Å². The van der Waals surface area contributed by atoms with Crippen molar-refractivity contribution in [2.24, 2.45) is 0 Å². The van der Waals surface area contributed by atoms with E-state index < -0.39 is 0 Å². The molecule has 1 saturated heterocycles. The standard InChI is InChI=1S/C3H7N.Ar/c1-3-2-4-3;/h3-4H,2H2,1H3;. The van der Waals surface area contributed by atoms with Crippen LogP contribution in [0.25, 0.3) is 0 Å². The summed E-state index contributed by atoms with van der Waals surface area (Å²) in [6, 6.07) is 0.833. The molecule has 0 aromatic carbocycles. The van der Waals surface area contributed by atoms with Crippen molar-refractivity contribution in [3.63, 3.8) is 0 Å². The summed E-state index contributed by atoms with van der Waals surface area (Å²) < 4.78 is 0. The molecule has 0 spiro atoms. The first-order valence-electron chi connectivity index (χ1n) is 1.63. The topological polar surface area (TPSA) is 21.9 Å². The van der Waals surface area contributed by atoms with Crippen molar-refractivity contribution in [3.05, 3.63) is 0 Å². The molecule has 2 heteroatoms.